The van der Waals surface area contributed by atoms with E-state index in [2.05, 4.69) is 24.3 Å². The lowest BCUT2D eigenvalue weighted by atomic mass is 9.90. The van der Waals surface area contributed by atoms with Crippen LogP contribution in [0.3, 0.4) is 0 Å². The van der Waals surface area contributed by atoms with E-state index in [9.17, 15) is 9.18 Å². The highest BCUT2D eigenvalue weighted by atomic mass is 32.1. The Morgan fingerprint density at radius 3 is 2.37 bits per heavy atom. The van der Waals surface area contributed by atoms with Crippen LogP contribution in [-0.4, -0.2) is 23.9 Å². The quantitative estimate of drug-likeness (QED) is 0.574. The predicted molar refractivity (Wildman–Crippen MR) is 108 cm³/mol. The zero-order chi connectivity index (χ0) is 18.6. The number of nitrogens with zero attached hydrogens (tertiary/aromatic N) is 1. The van der Waals surface area contributed by atoms with E-state index >= 15 is 0 Å². The number of amides is 1. The molecule has 3 aromatic rings. The summed E-state index contributed by atoms with van der Waals surface area (Å²) in [7, 11) is 0. The molecule has 0 N–H and O–H groups in total. The van der Waals surface area contributed by atoms with Crippen LogP contribution in [0.25, 0.3) is 10.4 Å². The number of likely N-dealkylation sites (tertiary alicyclic amines) is 1. The summed E-state index contributed by atoms with van der Waals surface area (Å²) in [5.74, 6) is 0.520. The van der Waals surface area contributed by atoms with Gasteiger partial charge in [-0.25, -0.2) is 4.39 Å². The molecule has 1 amide bonds. The van der Waals surface area contributed by atoms with Gasteiger partial charge in [0.05, 0.1) is 4.88 Å². The second-order valence-electron chi connectivity index (χ2n) is 7.10. The Bertz CT molecular complexity index is 896. The summed E-state index contributed by atoms with van der Waals surface area (Å²) >= 11 is 1.48. The van der Waals surface area contributed by atoms with E-state index in [0.717, 1.165) is 47.7 Å². The van der Waals surface area contributed by atoms with Crippen LogP contribution in [0.15, 0.2) is 66.7 Å². The van der Waals surface area contributed by atoms with Gasteiger partial charge in [0.2, 0.25) is 0 Å². The third kappa shape index (κ3) is 4.28. The third-order valence-corrected chi connectivity index (χ3v) is 6.34. The maximum absolute atomic E-state index is 13.1. The number of hydrogen-bond donors (Lipinski definition) is 0. The minimum Gasteiger partial charge on any atom is -0.338 e. The van der Waals surface area contributed by atoms with Gasteiger partial charge in [-0.2, -0.15) is 0 Å². The summed E-state index contributed by atoms with van der Waals surface area (Å²) in [5, 5.41) is 0. The molecule has 0 aliphatic carbocycles. The van der Waals surface area contributed by atoms with Gasteiger partial charge in [-0.15, -0.1) is 11.3 Å². The van der Waals surface area contributed by atoms with E-state index in [4.69, 9.17) is 0 Å². The van der Waals surface area contributed by atoms with Crippen LogP contribution in [0.1, 0.15) is 28.1 Å². The Morgan fingerprint density at radius 2 is 1.67 bits per heavy atom. The molecule has 4 rings (SSSR count). The van der Waals surface area contributed by atoms with Crippen molar-refractivity contribution >= 4 is 17.2 Å². The number of hydrogen-bond acceptors (Lipinski definition) is 2. The number of carbonyl (C=O) groups is 1. The molecule has 0 saturated carbocycles. The highest BCUT2D eigenvalue weighted by Crippen LogP contribution is 2.30. The lowest BCUT2D eigenvalue weighted by Gasteiger charge is -2.31. The maximum atomic E-state index is 13.1. The molecule has 1 aliphatic heterocycles. The highest BCUT2D eigenvalue weighted by Gasteiger charge is 2.24. The van der Waals surface area contributed by atoms with Crippen molar-refractivity contribution in [2.75, 3.05) is 13.1 Å². The first-order valence-corrected chi connectivity index (χ1v) is 10.2. The normalized spacial score (nSPS) is 15.1. The number of rotatable bonds is 4. The fourth-order valence-corrected chi connectivity index (χ4v) is 4.65. The molecule has 0 atom stereocenters. The van der Waals surface area contributed by atoms with Crippen LogP contribution >= 0.6 is 11.3 Å². The fraction of sp³-hybridized carbons (Fsp3) is 0.261. The number of piperidine rings is 1. The molecule has 1 aromatic heterocycles. The zero-order valence-electron chi connectivity index (χ0n) is 15.1. The fourth-order valence-electron chi connectivity index (χ4n) is 3.67. The molecular weight excluding hydrogens is 357 g/mol. The van der Waals surface area contributed by atoms with E-state index in [1.807, 2.05) is 23.1 Å². The molecule has 0 unspecified atom stereocenters. The van der Waals surface area contributed by atoms with Crippen LogP contribution in [0.4, 0.5) is 4.39 Å². The van der Waals surface area contributed by atoms with Gasteiger partial charge in [-0.3, -0.25) is 4.79 Å². The zero-order valence-corrected chi connectivity index (χ0v) is 15.9. The Hall–Kier alpha value is -2.46. The summed E-state index contributed by atoms with van der Waals surface area (Å²) in [5.41, 5.74) is 2.33. The van der Waals surface area contributed by atoms with Crippen LogP contribution in [0.2, 0.25) is 0 Å². The molecule has 0 bridgehead atoms. The van der Waals surface area contributed by atoms with Crippen LogP contribution < -0.4 is 0 Å². The Labute approximate surface area is 163 Å². The molecule has 1 fully saturated rings. The number of carbonyl (C=O) groups excluding carboxylic acids is 1. The second-order valence-corrected chi connectivity index (χ2v) is 8.18. The Kier molecular flexibility index (Phi) is 5.35. The molecule has 0 spiro atoms. The monoisotopic (exact) mass is 379 g/mol. The van der Waals surface area contributed by atoms with E-state index < -0.39 is 0 Å². The first-order valence-electron chi connectivity index (χ1n) is 9.38. The number of halogens is 1. The standard InChI is InChI=1S/C23H22FNOS/c24-20-8-6-19(7-9-20)21-10-11-22(27-21)23(26)25-14-12-18(13-15-25)16-17-4-2-1-3-5-17/h1-11,18H,12-16H2. The van der Waals surface area contributed by atoms with Crippen LogP contribution in [-0.2, 0) is 6.42 Å². The van der Waals surface area contributed by atoms with Gasteiger partial charge in [0.25, 0.3) is 5.91 Å². The summed E-state index contributed by atoms with van der Waals surface area (Å²) < 4.78 is 13.1. The largest absolute Gasteiger partial charge is 0.338 e. The Morgan fingerprint density at radius 1 is 0.963 bits per heavy atom. The average molecular weight is 380 g/mol. The van der Waals surface area contributed by atoms with Gasteiger partial charge in [0.15, 0.2) is 0 Å². The van der Waals surface area contributed by atoms with Crippen molar-refractivity contribution in [3.05, 3.63) is 83.0 Å². The molecule has 2 heterocycles. The van der Waals surface area contributed by atoms with Crippen molar-refractivity contribution in [1.29, 1.82) is 0 Å². The van der Waals surface area contributed by atoms with Crippen molar-refractivity contribution in [2.24, 2.45) is 5.92 Å². The molecule has 0 radical (unpaired) electrons. The summed E-state index contributed by atoms with van der Waals surface area (Å²) in [6.07, 6.45) is 3.20. The van der Waals surface area contributed by atoms with E-state index in [1.165, 1.54) is 29.0 Å². The molecule has 2 aromatic carbocycles. The smallest absolute Gasteiger partial charge is 0.263 e. The van der Waals surface area contributed by atoms with Crippen molar-refractivity contribution in [3.63, 3.8) is 0 Å². The van der Waals surface area contributed by atoms with Gasteiger partial charge in [-0.1, -0.05) is 42.5 Å². The second kappa shape index (κ2) is 8.05. The summed E-state index contributed by atoms with van der Waals surface area (Å²) in [6.45, 7) is 1.64. The van der Waals surface area contributed by atoms with Crippen LogP contribution in [0.5, 0.6) is 0 Å². The van der Waals surface area contributed by atoms with Crippen molar-refractivity contribution in [2.45, 2.75) is 19.3 Å². The molecule has 2 nitrogen and oxygen atoms in total. The number of thiophene rings is 1. The molecule has 4 heteroatoms. The van der Waals surface area contributed by atoms with Crippen molar-refractivity contribution < 1.29 is 9.18 Å². The minimum atomic E-state index is -0.245. The van der Waals surface area contributed by atoms with E-state index in [0.29, 0.717) is 5.92 Å². The minimum absolute atomic E-state index is 0.117. The Balaban J connectivity index is 1.36. The summed E-state index contributed by atoms with van der Waals surface area (Å²) in [4.78, 5) is 16.6. The molecular formula is C23H22FNOS. The molecule has 1 saturated heterocycles. The van der Waals surface area contributed by atoms with Crippen molar-refractivity contribution in [1.82, 2.24) is 4.90 Å². The number of benzene rings is 2. The average Bonchev–Trinajstić information content (AvgIpc) is 3.20. The maximum Gasteiger partial charge on any atom is 0.263 e. The highest BCUT2D eigenvalue weighted by molar-refractivity contribution is 7.17. The van der Waals surface area contributed by atoms with Crippen LogP contribution in [0, 0.1) is 11.7 Å². The SMILES string of the molecule is O=C(c1ccc(-c2ccc(F)cc2)s1)N1CCC(Cc2ccccc2)CC1. The third-order valence-electron chi connectivity index (χ3n) is 5.21. The summed E-state index contributed by atoms with van der Waals surface area (Å²) in [6, 6.07) is 20.8. The van der Waals surface area contributed by atoms with E-state index in [-0.39, 0.29) is 11.7 Å². The lowest BCUT2D eigenvalue weighted by molar-refractivity contribution is 0.0695. The molecule has 1 aliphatic rings. The molecule has 27 heavy (non-hydrogen) atoms. The first-order chi connectivity index (χ1) is 13.2. The lowest BCUT2D eigenvalue weighted by Crippen LogP contribution is -2.38. The van der Waals surface area contributed by atoms with Gasteiger partial charge < -0.3 is 4.90 Å². The molecule has 138 valence electrons. The van der Waals surface area contributed by atoms with Crippen molar-refractivity contribution in [3.8, 4) is 10.4 Å². The van der Waals surface area contributed by atoms with Gasteiger partial charge >= 0.3 is 0 Å². The first kappa shape index (κ1) is 17.9. The predicted octanol–water partition coefficient (Wildman–Crippen LogP) is 5.65. The van der Waals surface area contributed by atoms with Gasteiger partial charge in [-0.05, 0) is 60.6 Å². The van der Waals surface area contributed by atoms with E-state index in [1.54, 1.807) is 12.1 Å². The van der Waals surface area contributed by atoms with Gasteiger partial charge in [0, 0.05) is 18.0 Å². The topological polar surface area (TPSA) is 20.3 Å². The van der Waals surface area contributed by atoms with Gasteiger partial charge in [0.1, 0.15) is 5.82 Å².